The maximum absolute atomic E-state index is 13.8. The highest BCUT2D eigenvalue weighted by molar-refractivity contribution is 5.29. The van der Waals surface area contributed by atoms with Gasteiger partial charge in [-0.2, -0.15) is 0 Å². The average molecular weight is 365 g/mol. The van der Waals surface area contributed by atoms with E-state index in [2.05, 4.69) is 17.4 Å². The van der Waals surface area contributed by atoms with Crippen LogP contribution in [0, 0.1) is 23.6 Å². The van der Waals surface area contributed by atoms with Crippen LogP contribution in [0.1, 0.15) is 49.7 Å². The van der Waals surface area contributed by atoms with Crippen LogP contribution in [0.2, 0.25) is 0 Å². The molecule has 1 N–H and O–H groups in total. The Balaban J connectivity index is 1.22. The summed E-state index contributed by atoms with van der Waals surface area (Å²) >= 11 is 0. The first-order valence-corrected chi connectivity index (χ1v) is 10.4. The van der Waals surface area contributed by atoms with Gasteiger partial charge in [0, 0.05) is 17.6 Å². The molecule has 27 heavy (non-hydrogen) atoms. The van der Waals surface area contributed by atoms with Gasteiger partial charge in [0.05, 0.1) is 0 Å². The lowest BCUT2D eigenvalue weighted by Crippen LogP contribution is -2.58. The second-order valence-electron chi connectivity index (χ2n) is 9.08. The van der Waals surface area contributed by atoms with Gasteiger partial charge < -0.3 is 10.1 Å². The molecule has 4 aliphatic rings. The van der Waals surface area contributed by atoms with Crippen LogP contribution in [0.15, 0.2) is 48.5 Å². The molecular formula is C24H28FNO. The molecule has 0 amide bonds. The Bertz CT molecular complexity index is 782. The zero-order chi connectivity index (χ0) is 18.3. The van der Waals surface area contributed by atoms with Crippen LogP contribution in [-0.4, -0.2) is 5.54 Å². The summed E-state index contributed by atoms with van der Waals surface area (Å²) in [6, 6.07) is 15.0. The summed E-state index contributed by atoms with van der Waals surface area (Å²) in [5.74, 6) is 3.47. The van der Waals surface area contributed by atoms with E-state index in [1.807, 2.05) is 18.2 Å². The van der Waals surface area contributed by atoms with Crippen LogP contribution >= 0.6 is 0 Å². The smallest absolute Gasteiger partial charge is 0.129 e. The molecule has 0 unspecified atom stereocenters. The van der Waals surface area contributed by atoms with Gasteiger partial charge in [-0.3, -0.25) is 0 Å². The number of halogens is 1. The van der Waals surface area contributed by atoms with Crippen LogP contribution in [0.4, 0.5) is 4.39 Å². The van der Waals surface area contributed by atoms with Gasteiger partial charge in [0.25, 0.3) is 0 Å². The third-order valence-electron chi connectivity index (χ3n) is 6.96. The number of nitrogens with one attached hydrogen (secondary N) is 1. The topological polar surface area (TPSA) is 21.3 Å². The Morgan fingerprint density at radius 1 is 0.926 bits per heavy atom. The lowest BCUT2D eigenvalue weighted by Gasteiger charge is -2.57. The molecular weight excluding hydrogens is 337 g/mol. The van der Waals surface area contributed by atoms with Gasteiger partial charge in [-0.15, -0.1) is 0 Å². The second kappa shape index (κ2) is 6.94. The Hall–Kier alpha value is -1.87. The lowest BCUT2D eigenvalue weighted by atomic mass is 9.53. The first kappa shape index (κ1) is 17.2. The minimum absolute atomic E-state index is 0.211. The van der Waals surface area contributed by atoms with Gasteiger partial charge in [-0.1, -0.05) is 30.3 Å². The summed E-state index contributed by atoms with van der Waals surface area (Å²) in [6.07, 6.45) is 8.51. The van der Waals surface area contributed by atoms with Crippen LogP contribution in [-0.2, 0) is 13.2 Å². The minimum Gasteiger partial charge on any atom is -0.489 e. The predicted molar refractivity (Wildman–Crippen MR) is 105 cm³/mol. The molecule has 0 aliphatic heterocycles. The molecule has 0 aromatic heterocycles. The van der Waals surface area contributed by atoms with Crippen LogP contribution in [0.25, 0.3) is 0 Å². The van der Waals surface area contributed by atoms with E-state index < -0.39 is 0 Å². The standard InChI is InChI=1S/C24H28FNO/c25-23-7-2-1-5-21(23)16-27-22-6-3-4-17(11-22)15-26-24-12-18-8-19(13-24)10-20(9-18)14-24/h1-7,11,18-20,26H,8-10,12-16H2. The normalized spacial score (nSPS) is 31.2. The van der Waals surface area contributed by atoms with E-state index in [1.54, 1.807) is 12.1 Å². The lowest BCUT2D eigenvalue weighted by molar-refractivity contribution is -0.0206. The number of hydrogen-bond acceptors (Lipinski definition) is 2. The fourth-order valence-corrected chi connectivity index (χ4v) is 6.14. The van der Waals surface area contributed by atoms with E-state index in [4.69, 9.17) is 4.74 Å². The SMILES string of the molecule is Fc1ccccc1COc1cccc(CNC23CC4CC(CC(C4)C2)C3)c1. The van der Waals surface area contributed by atoms with Crippen molar-refractivity contribution in [1.29, 1.82) is 0 Å². The van der Waals surface area contributed by atoms with Gasteiger partial charge >= 0.3 is 0 Å². The Labute approximate surface area is 161 Å². The molecule has 4 saturated carbocycles. The summed E-state index contributed by atoms with van der Waals surface area (Å²) < 4.78 is 19.6. The minimum atomic E-state index is -0.211. The van der Waals surface area contributed by atoms with Gasteiger partial charge in [0.2, 0.25) is 0 Å². The van der Waals surface area contributed by atoms with Crippen LogP contribution in [0.5, 0.6) is 5.75 Å². The molecule has 0 heterocycles. The third kappa shape index (κ3) is 3.62. The quantitative estimate of drug-likeness (QED) is 0.733. The van der Waals surface area contributed by atoms with Crippen molar-refractivity contribution < 1.29 is 9.13 Å². The van der Waals surface area contributed by atoms with Crippen molar-refractivity contribution in [3.05, 3.63) is 65.5 Å². The van der Waals surface area contributed by atoms with E-state index in [9.17, 15) is 4.39 Å². The van der Waals surface area contributed by atoms with E-state index >= 15 is 0 Å². The van der Waals surface area contributed by atoms with Crippen molar-refractivity contribution in [2.45, 2.75) is 57.2 Å². The molecule has 2 aromatic rings. The molecule has 2 aromatic carbocycles. The summed E-state index contributed by atoms with van der Waals surface area (Å²) in [5, 5.41) is 3.94. The summed E-state index contributed by atoms with van der Waals surface area (Å²) in [5.41, 5.74) is 2.21. The largest absolute Gasteiger partial charge is 0.489 e. The van der Waals surface area contributed by atoms with Crippen molar-refractivity contribution in [1.82, 2.24) is 5.32 Å². The molecule has 6 rings (SSSR count). The van der Waals surface area contributed by atoms with Crippen molar-refractivity contribution in [2.75, 3.05) is 0 Å². The van der Waals surface area contributed by atoms with Gasteiger partial charge in [0.15, 0.2) is 0 Å². The van der Waals surface area contributed by atoms with Gasteiger partial charge in [0.1, 0.15) is 18.2 Å². The van der Waals surface area contributed by atoms with Gasteiger partial charge in [-0.05, 0) is 80.0 Å². The second-order valence-corrected chi connectivity index (χ2v) is 9.08. The van der Waals surface area contributed by atoms with Crippen molar-refractivity contribution in [3.8, 4) is 5.75 Å². The molecule has 0 spiro atoms. The molecule has 2 nitrogen and oxygen atoms in total. The summed E-state index contributed by atoms with van der Waals surface area (Å²) in [4.78, 5) is 0. The van der Waals surface area contributed by atoms with Gasteiger partial charge in [-0.25, -0.2) is 4.39 Å². The number of hydrogen-bond donors (Lipinski definition) is 1. The molecule has 4 aliphatic carbocycles. The zero-order valence-corrected chi connectivity index (χ0v) is 15.8. The zero-order valence-electron chi connectivity index (χ0n) is 15.8. The molecule has 3 heteroatoms. The summed E-state index contributed by atoms with van der Waals surface area (Å²) in [6.45, 7) is 1.15. The van der Waals surface area contributed by atoms with E-state index in [-0.39, 0.29) is 12.4 Å². The predicted octanol–water partition coefficient (Wildman–Crippen LogP) is 5.46. The monoisotopic (exact) mass is 365 g/mol. The fourth-order valence-electron chi connectivity index (χ4n) is 6.14. The van der Waals surface area contributed by atoms with Crippen molar-refractivity contribution in [2.24, 2.45) is 17.8 Å². The van der Waals surface area contributed by atoms with E-state index in [0.29, 0.717) is 11.1 Å². The Morgan fingerprint density at radius 2 is 1.63 bits per heavy atom. The highest BCUT2D eigenvalue weighted by atomic mass is 19.1. The first-order valence-electron chi connectivity index (χ1n) is 10.4. The molecule has 4 bridgehead atoms. The molecule has 4 fully saturated rings. The molecule has 0 saturated heterocycles. The number of ether oxygens (including phenoxy) is 1. The molecule has 142 valence electrons. The summed E-state index contributed by atoms with van der Waals surface area (Å²) in [7, 11) is 0. The maximum atomic E-state index is 13.8. The fraction of sp³-hybridized carbons (Fsp3) is 0.500. The number of benzene rings is 2. The van der Waals surface area contributed by atoms with E-state index in [1.165, 1.54) is 50.2 Å². The van der Waals surface area contributed by atoms with Crippen LogP contribution < -0.4 is 10.1 Å². The van der Waals surface area contributed by atoms with Crippen molar-refractivity contribution >= 4 is 0 Å². The maximum Gasteiger partial charge on any atom is 0.129 e. The molecule has 0 atom stereocenters. The molecule has 0 radical (unpaired) electrons. The Morgan fingerprint density at radius 3 is 2.33 bits per heavy atom. The highest BCUT2D eigenvalue weighted by Crippen LogP contribution is 2.55. The van der Waals surface area contributed by atoms with Crippen molar-refractivity contribution in [3.63, 3.8) is 0 Å². The third-order valence-corrected chi connectivity index (χ3v) is 6.96. The number of rotatable bonds is 6. The van der Waals surface area contributed by atoms with E-state index in [0.717, 1.165) is 30.0 Å². The Kier molecular flexibility index (Phi) is 4.43. The van der Waals surface area contributed by atoms with Crippen LogP contribution in [0.3, 0.4) is 0 Å². The average Bonchev–Trinajstić information content (AvgIpc) is 2.65. The first-order chi connectivity index (χ1) is 13.2. The highest BCUT2D eigenvalue weighted by Gasteiger charge is 2.50.